The first kappa shape index (κ1) is 35.8. The van der Waals surface area contributed by atoms with Gasteiger partial charge in [0.05, 0.1) is 11.3 Å². The van der Waals surface area contributed by atoms with E-state index in [9.17, 15) is 9.90 Å². The molecule has 237 valence electrons. The molecule has 1 N–H and O–H groups in total. The maximum Gasteiger partial charge on any atom is 0.162 e. The minimum atomic E-state index is -0.0137. The molecule has 1 aliphatic rings. The van der Waals surface area contributed by atoms with E-state index in [0.29, 0.717) is 5.92 Å². The van der Waals surface area contributed by atoms with Gasteiger partial charge in [0.15, 0.2) is 5.78 Å². The van der Waals surface area contributed by atoms with Gasteiger partial charge in [-0.1, -0.05) is 90.8 Å². The molecular formula is C38H47IrN2O2S-. The number of benzene rings is 2. The Morgan fingerprint density at radius 2 is 1.64 bits per heavy atom. The number of nitrogens with zero attached hydrogens (tertiary/aromatic N) is 2. The molecule has 2 aromatic carbocycles. The number of rotatable bonds is 10. The predicted molar refractivity (Wildman–Crippen MR) is 182 cm³/mol. The first-order chi connectivity index (χ1) is 20.6. The topological polar surface area (TPSA) is 63.1 Å². The van der Waals surface area contributed by atoms with Crippen LogP contribution < -0.4 is 0 Å². The van der Waals surface area contributed by atoms with Crippen molar-refractivity contribution >= 4 is 27.3 Å². The Morgan fingerprint density at radius 3 is 2.27 bits per heavy atom. The second kappa shape index (κ2) is 15.6. The minimum absolute atomic E-state index is 0. The van der Waals surface area contributed by atoms with Crippen molar-refractivity contribution in [1.29, 1.82) is 0 Å². The van der Waals surface area contributed by atoms with Crippen LogP contribution in [0.15, 0.2) is 59.9 Å². The molecule has 2 aromatic heterocycles. The molecule has 0 fully saturated rings. The third-order valence-corrected chi connectivity index (χ3v) is 9.93. The fourth-order valence-corrected chi connectivity index (χ4v) is 7.27. The quantitative estimate of drug-likeness (QED) is 0.0988. The molecule has 0 aliphatic heterocycles. The summed E-state index contributed by atoms with van der Waals surface area (Å²) in [6.07, 6.45) is 7.66. The molecule has 6 heteroatoms. The fourth-order valence-electron chi connectivity index (χ4n) is 6.23. The van der Waals surface area contributed by atoms with E-state index >= 15 is 0 Å². The summed E-state index contributed by atoms with van der Waals surface area (Å²) in [6.45, 7) is 17.2. The van der Waals surface area contributed by atoms with Crippen molar-refractivity contribution in [2.45, 2.75) is 92.9 Å². The van der Waals surface area contributed by atoms with Crippen LogP contribution in [0.25, 0.3) is 32.6 Å². The minimum Gasteiger partial charge on any atom is -0.512 e. The van der Waals surface area contributed by atoms with Crippen LogP contribution in [0, 0.1) is 23.8 Å². The third-order valence-electron chi connectivity index (χ3n) is 8.91. The van der Waals surface area contributed by atoms with Crippen molar-refractivity contribution in [1.82, 2.24) is 9.97 Å². The van der Waals surface area contributed by atoms with Crippen molar-refractivity contribution in [3.05, 3.63) is 82.7 Å². The van der Waals surface area contributed by atoms with Crippen LogP contribution in [0.2, 0.25) is 0 Å². The molecule has 0 bridgehead atoms. The second-order valence-electron chi connectivity index (χ2n) is 12.6. The van der Waals surface area contributed by atoms with Gasteiger partial charge in [0.1, 0.15) is 6.33 Å². The average Bonchev–Trinajstić information content (AvgIpc) is 3.50. The molecule has 0 spiro atoms. The molecule has 0 saturated carbocycles. The zero-order chi connectivity index (χ0) is 31.3. The van der Waals surface area contributed by atoms with Crippen molar-refractivity contribution in [2.75, 3.05) is 0 Å². The third kappa shape index (κ3) is 7.41. The summed E-state index contributed by atoms with van der Waals surface area (Å²) in [7, 11) is 0. The molecule has 0 unspecified atom stereocenters. The van der Waals surface area contributed by atoms with E-state index in [0.717, 1.165) is 48.9 Å². The number of carbonyl (C=O) groups excluding carboxylic acids is 1. The van der Waals surface area contributed by atoms with Gasteiger partial charge in [-0.05, 0) is 59.9 Å². The van der Waals surface area contributed by atoms with E-state index in [2.05, 4.69) is 85.5 Å². The first-order valence-electron chi connectivity index (χ1n) is 15.9. The van der Waals surface area contributed by atoms with Gasteiger partial charge in [0.2, 0.25) is 0 Å². The van der Waals surface area contributed by atoms with Crippen molar-refractivity contribution in [3.8, 4) is 22.4 Å². The van der Waals surface area contributed by atoms with Gasteiger partial charge in [0, 0.05) is 48.4 Å². The zero-order valence-corrected chi connectivity index (χ0v) is 30.7. The van der Waals surface area contributed by atoms with Crippen LogP contribution in [0.1, 0.15) is 97.8 Å². The number of ketones is 1. The summed E-state index contributed by atoms with van der Waals surface area (Å²) < 4.78 is 1.17. The van der Waals surface area contributed by atoms with Crippen LogP contribution in [0.5, 0.6) is 0 Å². The van der Waals surface area contributed by atoms with Gasteiger partial charge in [-0.15, -0.1) is 40.7 Å². The van der Waals surface area contributed by atoms with Crippen molar-refractivity contribution < 1.29 is 30.0 Å². The van der Waals surface area contributed by atoms with Gasteiger partial charge in [-0.2, -0.15) is 0 Å². The largest absolute Gasteiger partial charge is 0.512 e. The Morgan fingerprint density at radius 1 is 0.977 bits per heavy atom. The van der Waals surface area contributed by atoms with Crippen molar-refractivity contribution in [3.63, 3.8) is 0 Å². The molecule has 1 radical (unpaired) electrons. The molecule has 44 heavy (non-hydrogen) atoms. The van der Waals surface area contributed by atoms with Gasteiger partial charge in [-0.25, -0.2) is 4.98 Å². The summed E-state index contributed by atoms with van der Waals surface area (Å²) in [6, 6.07) is 16.7. The van der Waals surface area contributed by atoms with E-state index in [1.54, 1.807) is 17.7 Å². The Hall–Kier alpha value is -2.66. The monoisotopic (exact) mass is 788 g/mol. The fraction of sp³-hybridized carbons (Fsp3) is 0.447. The maximum absolute atomic E-state index is 11.7. The summed E-state index contributed by atoms with van der Waals surface area (Å²) in [5.41, 5.74) is 9.83. The van der Waals surface area contributed by atoms with E-state index in [1.807, 2.05) is 27.7 Å². The maximum atomic E-state index is 11.7. The number of allylic oxidation sites excluding steroid dienone is 2. The average molecular weight is 788 g/mol. The smallest absolute Gasteiger partial charge is 0.162 e. The molecule has 2 heterocycles. The Kier molecular flexibility index (Phi) is 12.7. The molecule has 0 amide bonds. The molecule has 0 atom stereocenters. The van der Waals surface area contributed by atoms with Gasteiger partial charge >= 0.3 is 0 Å². The number of aromatic nitrogens is 2. The number of hydrogen-bond donors (Lipinski definition) is 1. The molecular weight excluding hydrogens is 741 g/mol. The normalized spacial score (nSPS) is 13.5. The first-order valence-corrected chi connectivity index (χ1v) is 16.8. The van der Waals surface area contributed by atoms with Crippen LogP contribution in [0.3, 0.4) is 0 Å². The number of thiophene rings is 1. The summed E-state index contributed by atoms with van der Waals surface area (Å²) >= 11 is 1.75. The summed E-state index contributed by atoms with van der Waals surface area (Å²) in [4.78, 5) is 21.0. The van der Waals surface area contributed by atoms with E-state index in [-0.39, 0.29) is 48.9 Å². The predicted octanol–water partition coefficient (Wildman–Crippen LogP) is 10.5. The molecule has 0 saturated heterocycles. The number of carbonyl (C=O) groups is 1. The number of aliphatic hydroxyl groups excluding tert-OH is 1. The van der Waals surface area contributed by atoms with Gasteiger partial charge < -0.3 is 5.11 Å². The van der Waals surface area contributed by atoms with E-state index < -0.39 is 0 Å². The molecule has 5 rings (SSSR count). The standard InChI is InChI=1S/C25H23N2S.C13H24O2.Ir/c1-15(2)11-17-13-28-24-22(26-14-27-23(17)24)16-9-10-19-18-7-5-6-8-20(18)25(3,4)21(19)12-16;1-5-10(6-2)12(14)9-13(15)11(7-3)8-4;/h5-8,10,12-15H,11H2,1-4H3;9-11,14H,5-8H2,1-4H3;/q-1;;/b;12-9-;. The molecule has 1 aliphatic carbocycles. The van der Waals surface area contributed by atoms with Gasteiger partial charge in [0.25, 0.3) is 0 Å². The molecule has 4 nitrogen and oxygen atoms in total. The Balaban J connectivity index is 0.000000286. The zero-order valence-electron chi connectivity index (χ0n) is 27.5. The Bertz CT molecular complexity index is 1600. The van der Waals surface area contributed by atoms with Gasteiger partial charge in [-0.3, -0.25) is 9.78 Å². The number of hydrogen-bond acceptors (Lipinski definition) is 5. The van der Waals surface area contributed by atoms with E-state index in [4.69, 9.17) is 0 Å². The van der Waals surface area contributed by atoms with Crippen LogP contribution in [-0.2, 0) is 36.7 Å². The number of aliphatic hydroxyl groups is 1. The second-order valence-corrected chi connectivity index (χ2v) is 13.5. The van der Waals surface area contributed by atoms with Crippen LogP contribution >= 0.6 is 11.3 Å². The number of fused-ring (bicyclic) bond motifs is 4. The molecule has 4 aromatic rings. The Labute approximate surface area is 281 Å². The van der Waals surface area contributed by atoms with Crippen LogP contribution in [0.4, 0.5) is 0 Å². The summed E-state index contributed by atoms with van der Waals surface area (Å²) in [5, 5.41) is 12.0. The van der Waals surface area contributed by atoms with E-state index in [1.165, 1.54) is 38.6 Å². The SMILES string of the molecule is CC(C)Cc1csc2c(-c3[c-]cc4c(c3)C(C)(C)c3ccccc3-4)ncnc12.CCC(CC)C(=O)/C=C(\O)C(CC)CC.[Ir]. The van der Waals surface area contributed by atoms with Crippen molar-refractivity contribution in [2.24, 2.45) is 17.8 Å². The van der Waals surface area contributed by atoms with Crippen LogP contribution in [-0.4, -0.2) is 20.9 Å². The summed E-state index contributed by atoms with van der Waals surface area (Å²) in [5.74, 6) is 1.16.